The second-order valence-electron chi connectivity index (χ2n) is 8.37. The number of aryl methyl sites for hydroxylation is 1. The standard InChI is InChI=1S/C22H29NO2/c1-22-11-10-18-17-7-5-16(24-2)14-15(17)4-6-19(18)20(22)8-9-21(22)25-13-3-12-23/h5,7,14,18-21H,3-4,6,8-11,13H2,1-2H3/t18-,19-,20-,21-,22+/m0/s1. The van der Waals surface area contributed by atoms with E-state index < -0.39 is 0 Å². The van der Waals surface area contributed by atoms with Gasteiger partial charge in [-0.2, -0.15) is 5.26 Å². The lowest BCUT2D eigenvalue weighted by Gasteiger charge is -2.50. The summed E-state index contributed by atoms with van der Waals surface area (Å²) in [4.78, 5) is 0. The molecule has 3 aliphatic carbocycles. The second-order valence-corrected chi connectivity index (χ2v) is 8.37. The van der Waals surface area contributed by atoms with Crippen molar-refractivity contribution in [2.45, 2.75) is 63.9 Å². The van der Waals surface area contributed by atoms with Gasteiger partial charge in [-0.15, -0.1) is 0 Å². The second kappa shape index (κ2) is 6.65. The summed E-state index contributed by atoms with van der Waals surface area (Å²) < 4.78 is 11.6. The first-order chi connectivity index (χ1) is 12.2. The molecule has 0 aromatic heterocycles. The Balaban J connectivity index is 1.55. The number of hydrogen-bond donors (Lipinski definition) is 0. The lowest BCUT2D eigenvalue weighted by molar-refractivity contribution is -0.0623. The van der Waals surface area contributed by atoms with E-state index in [9.17, 15) is 0 Å². The highest BCUT2D eigenvalue weighted by Crippen LogP contribution is 2.61. The van der Waals surface area contributed by atoms with Crippen molar-refractivity contribution in [1.29, 1.82) is 5.26 Å². The van der Waals surface area contributed by atoms with E-state index in [1.165, 1.54) is 44.1 Å². The maximum absolute atomic E-state index is 8.78. The van der Waals surface area contributed by atoms with E-state index in [-0.39, 0.29) is 0 Å². The summed E-state index contributed by atoms with van der Waals surface area (Å²) in [7, 11) is 1.75. The van der Waals surface area contributed by atoms with Crippen LogP contribution in [0.5, 0.6) is 5.75 Å². The molecule has 3 nitrogen and oxygen atoms in total. The van der Waals surface area contributed by atoms with Crippen LogP contribution in [0.3, 0.4) is 0 Å². The Morgan fingerprint density at radius 3 is 2.92 bits per heavy atom. The van der Waals surface area contributed by atoms with E-state index in [0.29, 0.717) is 30.5 Å². The summed E-state index contributed by atoms with van der Waals surface area (Å²) in [6, 6.07) is 8.92. The molecule has 0 bridgehead atoms. The summed E-state index contributed by atoms with van der Waals surface area (Å²) in [5.41, 5.74) is 3.39. The van der Waals surface area contributed by atoms with Gasteiger partial charge in [0.25, 0.3) is 0 Å². The third-order valence-electron chi connectivity index (χ3n) is 7.38. The summed E-state index contributed by atoms with van der Waals surface area (Å²) in [6.07, 6.45) is 8.33. The zero-order valence-electron chi connectivity index (χ0n) is 15.5. The Labute approximate surface area is 151 Å². The Kier molecular flexibility index (Phi) is 4.50. The normalized spacial score (nSPS) is 36.0. The molecule has 1 aromatic carbocycles. The molecule has 3 heteroatoms. The number of ether oxygens (including phenoxy) is 2. The van der Waals surface area contributed by atoms with Crippen molar-refractivity contribution in [3.05, 3.63) is 29.3 Å². The van der Waals surface area contributed by atoms with Gasteiger partial charge in [-0.05, 0) is 85.0 Å². The molecular weight excluding hydrogens is 310 g/mol. The van der Waals surface area contributed by atoms with E-state index >= 15 is 0 Å². The third kappa shape index (κ3) is 2.75. The first-order valence-electron chi connectivity index (χ1n) is 9.82. The summed E-state index contributed by atoms with van der Waals surface area (Å²) in [5, 5.41) is 8.78. The van der Waals surface area contributed by atoms with Crippen molar-refractivity contribution >= 4 is 0 Å². The van der Waals surface area contributed by atoms with Gasteiger partial charge in [0.15, 0.2) is 0 Å². The van der Waals surface area contributed by atoms with E-state index in [1.807, 2.05) is 0 Å². The van der Waals surface area contributed by atoms with E-state index in [0.717, 1.165) is 17.6 Å². The summed E-state index contributed by atoms with van der Waals surface area (Å²) >= 11 is 0. The zero-order valence-corrected chi connectivity index (χ0v) is 15.5. The number of rotatable bonds is 4. The molecule has 25 heavy (non-hydrogen) atoms. The molecular formula is C22H29NO2. The van der Waals surface area contributed by atoms with Crippen LogP contribution in [0.15, 0.2) is 18.2 Å². The monoisotopic (exact) mass is 339 g/mol. The number of hydrogen-bond acceptors (Lipinski definition) is 3. The summed E-state index contributed by atoms with van der Waals surface area (Å²) in [6.45, 7) is 3.06. The molecule has 0 spiro atoms. The van der Waals surface area contributed by atoms with Crippen LogP contribution >= 0.6 is 0 Å². The molecule has 0 aliphatic heterocycles. The van der Waals surface area contributed by atoms with Crippen LogP contribution in [0.1, 0.15) is 62.5 Å². The molecule has 0 amide bonds. The molecule has 2 fully saturated rings. The van der Waals surface area contributed by atoms with Gasteiger partial charge in [0.1, 0.15) is 5.75 Å². The minimum absolute atomic E-state index is 0.306. The van der Waals surface area contributed by atoms with Gasteiger partial charge in [-0.1, -0.05) is 13.0 Å². The number of fused-ring (bicyclic) bond motifs is 5. The molecule has 134 valence electrons. The molecule has 1 aromatic rings. The van der Waals surface area contributed by atoms with Crippen LogP contribution < -0.4 is 4.74 Å². The highest BCUT2D eigenvalue weighted by atomic mass is 16.5. The van der Waals surface area contributed by atoms with Crippen LogP contribution in [0.25, 0.3) is 0 Å². The van der Waals surface area contributed by atoms with Gasteiger partial charge in [0, 0.05) is 0 Å². The molecule has 4 rings (SSSR count). The molecule has 3 aliphatic rings. The Hall–Kier alpha value is -1.53. The van der Waals surface area contributed by atoms with Crippen LogP contribution in [0, 0.1) is 28.6 Å². The van der Waals surface area contributed by atoms with Crippen LogP contribution in [-0.4, -0.2) is 19.8 Å². The third-order valence-corrected chi connectivity index (χ3v) is 7.38. The molecule has 0 N–H and O–H groups in total. The molecule has 0 heterocycles. The van der Waals surface area contributed by atoms with Gasteiger partial charge >= 0.3 is 0 Å². The largest absolute Gasteiger partial charge is 0.497 e. The fraction of sp³-hybridized carbons (Fsp3) is 0.682. The quantitative estimate of drug-likeness (QED) is 0.736. The van der Waals surface area contributed by atoms with Gasteiger partial charge in [0.2, 0.25) is 0 Å². The van der Waals surface area contributed by atoms with Crippen LogP contribution in [0.4, 0.5) is 0 Å². The minimum atomic E-state index is 0.306. The number of nitrogens with zero attached hydrogens (tertiary/aromatic N) is 1. The topological polar surface area (TPSA) is 42.2 Å². The predicted octanol–water partition coefficient (Wildman–Crippen LogP) is 4.85. The minimum Gasteiger partial charge on any atom is -0.497 e. The van der Waals surface area contributed by atoms with Gasteiger partial charge in [-0.3, -0.25) is 0 Å². The predicted molar refractivity (Wildman–Crippen MR) is 97.6 cm³/mol. The zero-order chi connectivity index (χ0) is 17.4. The fourth-order valence-corrected chi connectivity index (χ4v) is 6.16. The number of nitriles is 1. The number of methoxy groups -OCH3 is 1. The van der Waals surface area contributed by atoms with Crippen molar-refractivity contribution in [1.82, 2.24) is 0 Å². The van der Waals surface area contributed by atoms with Crippen molar-refractivity contribution < 1.29 is 9.47 Å². The van der Waals surface area contributed by atoms with Crippen molar-refractivity contribution in [3.8, 4) is 11.8 Å². The Morgan fingerprint density at radius 2 is 2.12 bits per heavy atom. The van der Waals surface area contributed by atoms with Gasteiger partial charge in [0.05, 0.1) is 32.3 Å². The maximum atomic E-state index is 8.78. The first kappa shape index (κ1) is 16.9. The Morgan fingerprint density at radius 1 is 1.24 bits per heavy atom. The van der Waals surface area contributed by atoms with Crippen molar-refractivity contribution in [2.24, 2.45) is 17.3 Å². The molecule has 0 unspecified atom stereocenters. The number of benzene rings is 1. The van der Waals surface area contributed by atoms with Crippen LogP contribution in [-0.2, 0) is 11.2 Å². The molecule has 2 saturated carbocycles. The summed E-state index contributed by atoms with van der Waals surface area (Å²) in [5.74, 6) is 3.27. The first-order valence-corrected chi connectivity index (χ1v) is 9.82. The lowest BCUT2D eigenvalue weighted by atomic mass is 9.55. The van der Waals surface area contributed by atoms with Gasteiger partial charge < -0.3 is 9.47 Å². The van der Waals surface area contributed by atoms with E-state index in [4.69, 9.17) is 14.7 Å². The molecule has 0 saturated heterocycles. The van der Waals surface area contributed by atoms with Gasteiger partial charge in [-0.25, -0.2) is 0 Å². The highest BCUT2D eigenvalue weighted by molar-refractivity contribution is 5.40. The molecule has 5 atom stereocenters. The SMILES string of the molecule is COc1ccc2c(c1)CC[C@H]1[C@H]2CC[C@@]2(C)[C@@H](OCCC#N)CC[C@@H]12. The lowest BCUT2D eigenvalue weighted by Crippen LogP contribution is -2.44. The molecule has 0 radical (unpaired) electrons. The fourth-order valence-electron chi connectivity index (χ4n) is 6.16. The average molecular weight is 339 g/mol. The smallest absolute Gasteiger partial charge is 0.119 e. The van der Waals surface area contributed by atoms with Crippen LogP contribution in [0.2, 0.25) is 0 Å². The van der Waals surface area contributed by atoms with Crippen molar-refractivity contribution in [2.75, 3.05) is 13.7 Å². The highest BCUT2D eigenvalue weighted by Gasteiger charge is 2.55. The maximum Gasteiger partial charge on any atom is 0.119 e. The Bertz CT molecular complexity index is 679. The van der Waals surface area contributed by atoms with E-state index in [1.54, 1.807) is 12.7 Å². The van der Waals surface area contributed by atoms with E-state index in [2.05, 4.69) is 31.2 Å². The average Bonchev–Trinajstić information content (AvgIpc) is 2.98. The van der Waals surface area contributed by atoms with Crippen molar-refractivity contribution in [3.63, 3.8) is 0 Å².